The SMILES string of the molecule is O=C(Cc1ccc(O)cc1)NCC(O)c1ccco1. The second-order valence-corrected chi connectivity index (χ2v) is 4.18. The molecule has 3 N–H and O–H groups in total. The molecule has 0 aliphatic rings. The van der Waals surface area contributed by atoms with E-state index >= 15 is 0 Å². The summed E-state index contributed by atoms with van der Waals surface area (Å²) in [6.45, 7) is 0.102. The molecule has 0 saturated carbocycles. The Morgan fingerprint density at radius 1 is 1.26 bits per heavy atom. The summed E-state index contributed by atoms with van der Waals surface area (Å²) in [5.74, 6) is 0.388. The van der Waals surface area contributed by atoms with Crippen LogP contribution in [0.5, 0.6) is 5.75 Å². The van der Waals surface area contributed by atoms with Crippen molar-refractivity contribution in [3.63, 3.8) is 0 Å². The van der Waals surface area contributed by atoms with Crippen molar-refractivity contribution in [3.05, 3.63) is 54.0 Å². The lowest BCUT2D eigenvalue weighted by atomic mass is 10.1. The van der Waals surface area contributed by atoms with Gasteiger partial charge in [0.05, 0.1) is 19.2 Å². The number of phenolic OH excluding ortho intramolecular Hbond substituents is 1. The van der Waals surface area contributed by atoms with Crippen LogP contribution in [-0.4, -0.2) is 22.7 Å². The number of amides is 1. The van der Waals surface area contributed by atoms with Crippen molar-refractivity contribution < 1.29 is 19.4 Å². The van der Waals surface area contributed by atoms with E-state index in [2.05, 4.69) is 5.32 Å². The highest BCUT2D eigenvalue weighted by atomic mass is 16.4. The highest BCUT2D eigenvalue weighted by Gasteiger charge is 2.12. The van der Waals surface area contributed by atoms with Crippen LogP contribution in [0.25, 0.3) is 0 Å². The Morgan fingerprint density at radius 3 is 2.63 bits per heavy atom. The fraction of sp³-hybridized carbons (Fsp3) is 0.214. The van der Waals surface area contributed by atoms with Gasteiger partial charge in [0.15, 0.2) is 0 Å². The van der Waals surface area contributed by atoms with E-state index in [1.807, 2.05) is 0 Å². The van der Waals surface area contributed by atoms with Crippen LogP contribution in [0, 0.1) is 0 Å². The number of phenols is 1. The summed E-state index contributed by atoms with van der Waals surface area (Å²) in [6.07, 6.45) is 0.820. The first-order chi connectivity index (χ1) is 9.15. The highest BCUT2D eigenvalue weighted by molar-refractivity contribution is 5.78. The Balaban J connectivity index is 1.80. The summed E-state index contributed by atoms with van der Waals surface area (Å²) in [7, 11) is 0. The number of aliphatic hydroxyl groups is 1. The van der Waals surface area contributed by atoms with Crippen molar-refractivity contribution in [2.45, 2.75) is 12.5 Å². The Bertz CT molecular complexity index is 519. The van der Waals surface area contributed by atoms with Gasteiger partial charge in [-0.1, -0.05) is 12.1 Å². The molecule has 0 aliphatic carbocycles. The number of aliphatic hydroxyl groups excluding tert-OH is 1. The minimum atomic E-state index is -0.848. The number of furan rings is 1. The number of rotatable bonds is 5. The molecule has 5 nitrogen and oxygen atoms in total. The van der Waals surface area contributed by atoms with E-state index in [9.17, 15) is 9.90 Å². The molecule has 1 aromatic heterocycles. The molecule has 0 bridgehead atoms. The molecule has 2 rings (SSSR count). The fourth-order valence-electron chi connectivity index (χ4n) is 1.65. The second kappa shape index (κ2) is 6.06. The third kappa shape index (κ3) is 3.86. The van der Waals surface area contributed by atoms with Crippen molar-refractivity contribution in [3.8, 4) is 5.75 Å². The van der Waals surface area contributed by atoms with Crippen LogP contribution in [0.2, 0.25) is 0 Å². The minimum absolute atomic E-state index is 0.102. The van der Waals surface area contributed by atoms with Crippen LogP contribution in [0.4, 0.5) is 0 Å². The third-order valence-corrected chi connectivity index (χ3v) is 2.67. The summed E-state index contributed by atoms with van der Waals surface area (Å²) in [5, 5.41) is 21.5. The van der Waals surface area contributed by atoms with Crippen molar-refractivity contribution in [1.29, 1.82) is 0 Å². The smallest absolute Gasteiger partial charge is 0.224 e. The Hall–Kier alpha value is -2.27. The molecule has 0 spiro atoms. The lowest BCUT2D eigenvalue weighted by Gasteiger charge is -2.09. The summed E-state index contributed by atoms with van der Waals surface area (Å²) in [5.41, 5.74) is 0.794. The Labute approximate surface area is 110 Å². The van der Waals surface area contributed by atoms with Crippen LogP contribution < -0.4 is 5.32 Å². The van der Waals surface area contributed by atoms with Gasteiger partial charge in [0.1, 0.15) is 17.6 Å². The van der Waals surface area contributed by atoms with E-state index in [4.69, 9.17) is 9.52 Å². The number of hydrogen-bond acceptors (Lipinski definition) is 4. The summed E-state index contributed by atoms with van der Waals surface area (Å²) in [6, 6.07) is 9.74. The van der Waals surface area contributed by atoms with Gasteiger partial charge in [0, 0.05) is 0 Å². The molecule has 1 amide bonds. The molecule has 0 saturated heterocycles. The van der Waals surface area contributed by atoms with Crippen LogP contribution >= 0.6 is 0 Å². The Kier molecular flexibility index (Phi) is 4.20. The van der Waals surface area contributed by atoms with Gasteiger partial charge in [0.2, 0.25) is 5.91 Å². The van der Waals surface area contributed by atoms with Crippen molar-refractivity contribution in [1.82, 2.24) is 5.32 Å². The molecule has 1 aromatic carbocycles. The largest absolute Gasteiger partial charge is 0.508 e. The van der Waals surface area contributed by atoms with Crippen LogP contribution in [0.3, 0.4) is 0 Å². The molecule has 1 unspecified atom stereocenters. The van der Waals surface area contributed by atoms with Gasteiger partial charge in [0.25, 0.3) is 0 Å². The van der Waals surface area contributed by atoms with Gasteiger partial charge in [-0.3, -0.25) is 4.79 Å². The molecule has 0 fully saturated rings. The Morgan fingerprint density at radius 2 is 2.00 bits per heavy atom. The predicted molar refractivity (Wildman–Crippen MR) is 68.5 cm³/mol. The molecule has 2 aromatic rings. The standard InChI is InChI=1S/C14H15NO4/c16-11-5-3-10(4-6-11)8-14(18)15-9-12(17)13-2-1-7-19-13/h1-7,12,16-17H,8-9H2,(H,15,18). The molecule has 1 heterocycles. The molecule has 100 valence electrons. The highest BCUT2D eigenvalue weighted by Crippen LogP contribution is 2.12. The summed E-state index contributed by atoms with van der Waals surface area (Å²) in [4.78, 5) is 11.7. The maximum atomic E-state index is 11.7. The predicted octanol–water partition coefficient (Wildman–Crippen LogP) is 1.38. The van der Waals surface area contributed by atoms with Gasteiger partial charge in [-0.2, -0.15) is 0 Å². The zero-order valence-corrected chi connectivity index (χ0v) is 10.2. The topological polar surface area (TPSA) is 82.7 Å². The molecular weight excluding hydrogens is 246 g/mol. The first-order valence-corrected chi connectivity index (χ1v) is 5.91. The zero-order chi connectivity index (χ0) is 13.7. The van der Waals surface area contributed by atoms with E-state index in [1.165, 1.54) is 18.4 Å². The van der Waals surface area contributed by atoms with E-state index < -0.39 is 6.10 Å². The van der Waals surface area contributed by atoms with Gasteiger partial charge in [-0.05, 0) is 29.8 Å². The average Bonchev–Trinajstić information content (AvgIpc) is 2.93. The second-order valence-electron chi connectivity index (χ2n) is 4.18. The number of nitrogens with one attached hydrogen (secondary N) is 1. The minimum Gasteiger partial charge on any atom is -0.508 e. The van der Waals surface area contributed by atoms with Gasteiger partial charge in [-0.25, -0.2) is 0 Å². The average molecular weight is 261 g/mol. The number of aromatic hydroxyl groups is 1. The van der Waals surface area contributed by atoms with Gasteiger partial charge < -0.3 is 19.9 Å². The zero-order valence-electron chi connectivity index (χ0n) is 10.2. The van der Waals surface area contributed by atoms with E-state index in [-0.39, 0.29) is 24.6 Å². The molecule has 19 heavy (non-hydrogen) atoms. The first kappa shape index (κ1) is 13.2. The van der Waals surface area contributed by atoms with E-state index in [0.717, 1.165) is 5.56 Å². The van der Waals surface area contributed by atoms with Crippen LogP contribution in [0.15, 0.2) is 47.1 Å². The molecule has 0 aliphatic heterocycles. The van der Waals surface area contributed by atoms with Crippen LogP contribution in [0.1, 0.15) is 17.4 Å². The first-order valence-electron chi connectivity index (χ1n) is 5.91. The van der Waals surface area contributed by atoms with Gasteiger partial charge in [-0.15, -0.1) is 0 Å². The fourth-order valence-corrected chi connectivity index (χ4v) is 1.65. The van der Waals surface area contributed by atoms with E-state index in [1.54, 1.807) is 24.3 Å². The van der Waals surface area contributed by atoms with Crippen LogP contribution in [-0.2, 0) is 11.2 Å². The molecule has 0 radical (unpaired) electrons. The maximum Gasteiger partial charge on any atom is 0.224 e. The molecule has 1 atom stereocenters. The van der Waals surface area contributed by atoms with Crippen molar-refractivity contribution in [2.75, 3.05) is 6.54 Å². The molecule has 5 heteroatoms. The number of carbonyl (C=O) groups is 1. The lowest BCUT2D eigenvalue weighted by Crippen LogP contribution is -2.29. The normalized spacial score (nSPS) is 12.1. The van der Waals surface area contributed by atoms with Crippen molar-refractivity contribution in [2.24, 2.45) is 0 Å². The quantitative estimate of drug-likeness (QED) is 0.759. The monoisotopic (exact) mass is 261 g/mol. The lowest BCUT2D eigenvalue weighted by molar-refractivity contribution is -0.120. The number of benzene rings is 1. The third-order valence-electron chi connectivity index (χ3n) is 2.67. The molecular formula is C14H15NO4. The van der Waals surface area contributed by atoms with Gasteiger partial charge >= 0.3 is 0 Å². The maximum absolute atomic E-state index is 11.7. The summed E-state index contributed by atoms with van der Waals surface area (Å²) >= 11 is 0. The van der Waals surface area contributed by atoms with Crippen molar-refractivity contribution >= 4 is 5.91 Å². The van der Waals surface area contributed by atoms with E-state index in [0.29, 0.717) is 5.76 Å². The number of hydrogen-bond donors (Lipinski definition) is 3. The summed E-state index contributed by atoms with van der Waals surface area (Å²) < 4.78 is 5.03. The number of carbonyl (C=O) groups excluding carboxylic acids is 1.